The van der Waals surface area contributed by atoms with Gasteiger partial charge in [0.2, 0.25) is 0 Å². The Morgan fingerprint density at radius 1 is 1.33 bits per heavy atom. The van der Waals surface area contributed by atoms with E-state index in [2.05, 4.69) is 5.10 Å². The van der Waals surface area contributed by atoms with Crippen molar-refractivity contribution in [1.82, 2.24) is 14.3 Å². The molecular formula is C22H21ClF4N4O2. The highest BCUT2D eigenvalue weighted by molar-refractivity contribution is 6.33. The van der Waals surface area contributed by atoms with Crippen LogP contribution in [0, 0.1) is 5.82 Å². The van der Waals surface area contributed by atoms with Crippen LogP contribution in [0.5, 0.6) is 0 Å². The monoisotopic (exact) mass is 484 g/mol. The number of amides is 1. The number of alkyl halides is 3. The maximum absolute atomic E-state index is 14.8. The molecule has 1 atom stereocenters. The Bertz CT molecular complexity index is 1190. The average molecular weight is 485 g/mol. The van der Waals surface area contributed by atoms with Crippen molar-refractivity contribution >= 4 is 17.5 Å². The number of rotatable bonds is 6. The molecular weight excluding hydrogens is 464 g/mol. The molecule has 3 N–H and O–H groups in total. The Kier molecular flexibility index (Phi) is 6.00. The van der Waals surface area contributed by atoms with E-state index >= 15 is 0 Å². The summed E-state index contributed by atoms with van der Waals surface area (Å²) in [5, 5.41) is 13.5. The van der Waals surface area contributed by atoms with E-state index in [0.717, 1.165) is 18.7 Å². The van der Waals surface area contributed by atoms with Gasteiger partial charge in [0.25, 0.3) is 5.91 Å². The number of benzene rings is 1. The molecule has 1 fully saturated rings. The van der Waals surface area contributed by atoms with Crippen molar-refractivity contribution in [3.63, 3.8) is 0 Å². The fourth-order valence-electron chi connectivity index (χ4n) is 4.19. The van der Waals surface area contributed by atoms with E-state index in [-0.39, 0.29) is 39.0 Å². The number of primary amides is 1. The number of aromatic nitrogens is 3. The number of nitrogens with two attached hydrogens (primary N) is 1. The molecule has 1 amide bonds. The topological polar surface area (TPSA) is 86.1 Å². The largest absolute Gasteiger partial charge is 0.433 e. The van der Waals surface area contributed by atoms with Gasteiger partial charge in [-0.1, -0.05) is 17.7 Å². The molecule has 1 saturated carbocycles. The molecule has 0 spiro atoms. The SMILES string of the molecule is C[C@@H](O)Cn1ncc(-c2c(C(N)=O)c(-c3c(F)cccc3Cl)cn2C2CCC2)c1C(F)(F)F. The van der Waals surface area contributed by atoms with E-state index in [4.69, 9.17) is 17.3 Å². The van der Waals surface area contributed by atoms with Gasteiger partial charge in [0.1, 0.15) is 5.82 Å². The number of halogens is 5. The Labute approximate surface area is 191 Å². The summed E-state index contributed by atoms with van der Waals surface area (Å²) in [6.07, 6.45) is -1.30. The van der Waals surface area contributed by atoms with Crippen molar-refractivity contribution in [2.45, 2.75) is 51.1 Å². The van der Waals surface area contributed by atoms with Crippen molar-refractivity contribution in [2.24, 2.45) is 5.73 Å². The van der Waals surface area contributed by atoms with E-state index in [0.29, 0.717) is 17.5 Å². The predicted octanol–water partition coefficient (Wildman–Crippen LogP) is 5.03. The minimum atomic E-state index is -4.85. The third-order valence-corrected chi connectivity index (χ3v) is 6.09. The molecule has 3 aromatic rings. The molecule has 2 heterocycles. The molecule has 4 rings (SSSR count). The van der Waals surface area contributed by atoms with Crippen LogP contribution in [-0.4, -0.2) is 31.5 Å². The van der Waals surface area contributed by atoms with Crippen LogP contribution in [0.1, 0.15) is 48.3 Å². The summed E-state index contributed by atoms with van der Waals surface area (Å²) < 4.78 is 59.4. The van der Waals surface area contributed by atoms with Crippen LogP contribution in [0.4, 0.5) is 17.6 Å². The summed E-state index contributed by atoms with van der Waals surface area (Å²) in [6, 6.07) is 3.76. The van der Waals surface area contributed by atoms with Crippen LogP contribution >= 0.6 is 11.6 Å². The zero-order chi connectivity index (χ0) is 24.1. The Morgan fingerprint density at radius 2 is 2.03 bits per heavy atom. The number of hydrogen-bond donors (Lipinski definition) is 2. The van der Waals surface area contributed by atoms with E-state index in [1.807, 2.05) is 0 Å². The van der Waals surface area contributed by atoms with Crippen molar-refractivity contribution in [3.8, 4) is 22.4 Å². The molecule has 0 unspecified atom stereocenters. The number of carbonyl (C=O) groups excluding carboxylic acids is 1. The van der Waals surface area contributed by atoms with Gasteiger partial charge in [0, 0.05) is 28.9 Å². The molecule has 176 valence electrons. The molecule has 1 aliphatic carbocycles. The average Bonchev–Trinajstić information content (AvgIpc) is 3.21. The quantitative estimate of drug-likeness (QED) is 0.481. The molecule has 0 aliphatic heterocycles. The highest BCUT2D eigenvalue weighted by Gasteiger charge is 2.41. The van der Waals surface area contributed by atoms with E-state index in [9.17, 15) is 27.5 Å². The summed E-state index contributed by atoms with van der Waals surface area (Å²) in [5.74, 6) is -1.75. The number of aliphatic hydroxyl groups excluding tert-OH is 1. The maximum atomic E-state index is 14.8. The number of aliphatic hydroxyl groups is 1. The molecule has 1 aromatic carbocycles. The Balaban J connectivity index is 2.07. The highest BCUT2D eigenvalue weighted by Crippen LogP contribution is 2.46. The summed E-state index contributed by atoms with van der Waals surface area (Å²) in [4.78, 5) is 12.6. The van der Waals surface area contributed by atoms with Crippen LogP contribution in [0.2, 0.25) is 5.02 Å². The highest BCUT2D eigenvalue weighted by atomic mass is 35.5. The lowest BCUT2D eigenvalue weighted by atomic mass is 9.92. The number of carbonyl (C=O) groups is 1. The molecule has 33 heavy (non-hydrogen) atoms. The second-order valence-electron chi connectivity index (χ2n) is 8.16. The molecule has 0 saturated heterocycles. The molecule has 0 bridgehead atoms. The first kappa shape index (κ1) is 23.3. The standard InChI is InChI=1S/C22H21ClF4N4O2/c1-11(32)9-31-20(22(25,26)27)13(8-29-31)19-18(21(28)33)14(10-30(19)12-4-2-5-12)17-15(23)6-3-7-16(17)24/h3,6-8,10-12,32H,2,4-5,9H2,1H3,(H2,28,33)/t11-/m1/s1. The minimum absolute atomic E-state index is 0.00402. The van der Waals surface area contributed by atoms with Crippen LogP contribution in [-0.2, 0) is 12.7 Å². The van der Waals surface area contributed by atoms with Crippen molar-refractivity contribution in [1.29, 1.82) is 0 Å². The Morgan fingerprint density at radius 3 is 2.55 bits per heavy atom. The van der Waals surface area contributed by atoms with Gasteiger partial charge in [-0.2, -0.15) is 18.3 Å². The van der Waals surface area contributed by atoms with Crippen LogP contribution in [0.25, 0.3) is 22.4 Å². The van der Waals surface area contributed by atoms with Gasteiger partial charge in [0.05, 0.1) is 35.1 Å². The normalized spacial score (nSPS) is 15.5. The smallest absolute Gasteiger partial charge is 0.391 e. The fraction of sp³-hybridized carbons (Fsp3) is 0.364. The first-order valence-electron chi connectivity index (χ1n) is 10.3. The van der Waals surface area contributed by atoms with Gasteiger partial charge in [-0.25, -0.2) is 4.39 Å². The lowest BCUT2D eigenvalue weighted by Crippen LogP contribution is -2.23. The predicted molar refractivity (Wildman–Crippen MR) is 114 cm³/mol. The van der Waals surface area contributed by atoms with Gasteiger partial charge in [-0.3, -0.25) is 9.48 Å². The second kappa shape index (κ2) is 8.49. The summed E-state index contributed by atoms with van der Waals surface area (Å²) in [7, 11) is 0. The van der Waals surface area contributed by atoms with Gasteiger partial charge in [-0.05, 0) is 38.3 Å². The first-order valence-corrected chi connectivity index (χ1v) is 10.7. The van der Waals surface area contributed by atoms with Crippen molar-refractivity contribution in [3.05, 3.63) is 52.7 Å². The Hall–Kier alpha value is -2.85. The number of nitrogens with zero attached hydrogens (tertiary/aromatic N) is 3. The van der Waals surface area contributed by atoms with Crippen LogP contribution in [0.15, 0.2) is 30.6 Å². The summed E-state index contributed by atoms with van der Waals surface area (Å²) in [6.45, 7) is 0.933. The maximum Gasteiger partial charge on any atom is 0.433 e. The minimum Gasteiger partial charge on any atom is -0.391 e. The van der Waals surface area contributed by atoms with Gasteiger partial charge in [-0.15, -0.1) is 0 Å². The second-order valence-corrected chi connectivity index (χ2v) is 8.56. The van der Waals surface area contributed by atoms with Crippen molar-refractivity contribution in [2.75, 3.05) is 0 Å². The first-order chi connectivity index (χ1) is 15.5. The molecule has 1 aliphatic rings. The third kappa shape index (κ3) is 4.13. The van der Waals surface area contributed by atoms with Gasteiger partial charge < -0.3 is 15.4 Å². The molecule has 6 nitrogen and oxygen atoms in total. The van der Waals surface area contributed by atoms with E-state index < -0.39 is 36.2 Å². The zero-order valence-electron chi connectivity index (χ0n) is 17.5. The van der Waals surface area contributed by atoms with Crippen LogP contribution in [0.3, 0.4) is 0 Å². The number of hydrogen-bond acceptors (Lipinski definition) is 3. The lowest BCUT2D eigenvalue weighted by Gasteiger charge is -2.29. The van der Waals surface area contributed by atoms with E-state index in [1.165, 1.54) is 25.3 Å². The van der Waals surface area contributed by atoms with Crippen molar-refractivity contribution < 1.29 is 27.5 Å². The fourth-order valence-corrected chi connectivity index (χ4v) is 4.46. The van der Waals surface area contributed by atoms with E-state index in [1.54, 1.807) is 4.57 Å². The van der Waals surface area contributed by atoms with Gasteiger partial charge >= 0.3 is 6.18 Å². The molecule has 11 heteroatoms. The summed E-state index contributed by atoms with van der Waals surface area (Å²) in [5.41, 5.74) is 3.69. The third-order valence-electron chi connectivity index (χ3n) is 5.78. The summed E-state index contributed by atoms with van der Waals surface area (Å²) >= 11 is 6.22. The zero-order valence-corrected chi connectivity index (χ0v) is 18.3. The lowest BCUT2D eigenvalue weighted by molar-refractivity contribution is -0.144. The molecule has 2 aromatic heterocycles. The molecule has 0 radical (unpaired) electrons. The van der Waals surface area contributed by atoms with Gasteiger partial charge in [0.15, 0.2) is 5.69 Å². The van der Waals surface area contributed by atoms with Crippen LogP contribution < -0.4 is 5.73 Å².